The number of benzene rings is 2. The van der Waals surface area contributed by atoms with Crippen LogP contribution in [-0.4, -0.2) is 60.4 Å². The molecule has 2 aromatic carbocycles. The van der Waals surface area contributed by atoms with Gasteiger partial charge in [-0.05, 0) is 67.3 Å². The first-order valence-corrected chi connectivity index (χ1v) is 12.2. The van der Waals surface area contributed by atoms with Gasteiger partial charge >= 0.3 is 0 Å². The molecule has 176 valence electrons. The minimum absolute atomic E-state index is 0.00919. The van der Waals surface area contributed by atoms with Crippen LogP contribution < -0.4 is 10.1 Å². The van der Waals surface area contributed by atoms with E-state index in [2.05, 4.69) is 10.2 Å². The van der Waals surface area contributed by atoms with Crippen molar-refractivity contribution in [3.63, 3.8) is 0 Å². The summed E-state index contributed by atoms with van der Waals surface area (Å²) in [6, 6.07) is 14.0. The van der Waals surface area contributed by atoms with E-state index in [1.165, 1.54) is 0 Å². The summed E-state index contributed by atoms with van der Waals surface area (Å²) in [7, 11) is 0. The molecule has 2 aliphatic rings. The van der Waals surface area contributed by atoms with Crippen LogP contribution in [0.5, 0.6) is 5.75 Å². The summed E-state index contributed by atoms with van der Waals surface area (Å²) in [5.41, 5.74) is 0.751. The summed E-state index contributed by atoms with van der Waals surface area (Å²) >= 11 is 11.9. The summed E-state index contributed by atoms with van der Waals surface area (Å²) in [4.78, 5) is 30.0. The highest BCUT2D eigenvalue weighted by atomic mass is 35.5. The number of piperazine rings is 1. The van der Waals surface area contributed by atoms with Crippen LogP contribution >= 0.6 is 23.2 Å². The van der Waals surface area contributed by atoms with Crippen molar-refractivity contribution in [1.82, 2.24) is 9.80 Å². The molecule has 2 aromatic rings. The maximum Gasteiger partial charge on any atom is 0.260 e. The van der Waals surface area contributed by atoms with Gasteiger partial charge in [-0.15, -0.1) is 0 Å². The van der Waals surface area contributed by atoms with Gasteiger partial charge in [0, 0.05) is 41.9 Å². The van der Waals surface area contributed by atoms with Crippen molar-refractivity contribution < 1.29 is 14.3 Å². The van der Waals surface area contributed by atoms with Gasteiger partial charge in [-0.1, -0.05) is 36.0 Å². The van der Waals surface area contributed by atoms with E-state index in [0.717, 1.165) is 31.4 Å². The van der Waals surface area contributed by atoms with E-state index in [4.69, 9.17) is 27.9 Å². The van der Waals surface area contributed by atoms with Crippen molar-refractivity contribution in [2.45, 2.75) is 31.7 Å². The van der Waals surface area contributed by atoms with Crippen molar-refractivity contribution in [2.75, 3.05) is 38.1 Å². The molecule has 2 amide bonds. The minimum atomic E-state index is -0.189. The Balaban J connectivity index is 1.33. The zero-order chi connectivity index (χ0) is 23.2. The number of ether oxygens (including phenoxy) is 1. The maximum absolute atomic E-state index is 13.3. The number of anilines is 1. The number of rotatable bonds is 7. The number of carbonyl (C=O) groups is 2. The van der Waals surface area contributed by atoms with Gasteiger partial charge in [0.1, 0.15) is 5.75 Å². The molecule has 6 nitrogen and oxygen atoms in total. The second kappa shape index (κ2) is 11.2. The first-order chi connectivity index (χ1) is 16.0. The van der Waals surface area contributed by atoms with Crippen LogP contribution in [0.2, 0.25) is 10.0 Å². The lowest BCUT2D eigenvalue weighted by molar-refractivity contribution is -0.136. The molecule has 1 aliphatic carbocycles. The van der Waals surface area contributed by atoms with Gasteiger partial charge in [0.05, 0.1) is 6.04 Å². The lowest BCUT2D eigenvalue weighted by Crippen LogP contribution is -2.57. The van der Waals surface area contributed by atoms with Gasteiger partial charge in [-0.3, -0.25) is 14.5 Å². The minimum Gasteiger partial charge on any atom is -0.484 e. The van der Waals surface area contributed by atoms with Crippen LogP contribution in [0.1, 0.15) is 25.7 Å². The quantitative estimate of drug-likeness (QED) is 0.611. The number of nitrogens with zero attached hydrogens (tertiary/aromatic N) is 2. The highest BCUT2D eigenvalue weighted by Crippen LogP contribution is 2.32. The number of hydrogen-bond donors (Lipinski definition) is 1. The first kappa shape index (κ1) is 23.9. The van der Waals surface area contributed by atoms with E-state index in [1.54, 1.807) is 36.4 Å². The Kier molecular flexibility index (Phi) is 8.12. The third-order valence-corrected chi connectivity index (χ3v) is 6.97. The van der Waals surface area contributed by atoms with E-state index in [1.807, 2.05) is 17.0 Å². The Morgan fingerprint density at radius 3 is 2.09 bits per heavy atom. The Hall–Kier alpha value is -2.28. The lowest BCUT2D eigenvalue weighted by atomic mass is 9.95. The summed E-state index contributed by atoms with van der Waals surface area (Å²) in [6.45, 7) is 2.50. The van der Waals surface area contributed by atoms with Crippen molar-refractivity contribution in [1.29, 1.82) is 0 Å². The molecule has 1 heterocycles. The fraction of sp³-hybridized carbons (Fsp3) is 0.440. The van der Waals surface area contributed by atoms with Gasteiger partial charge in [0.15, 0.2) is 6.61 Å². The molecule has 0 radical (unpaired) electrons. The lowest BCUT2D eigenvalue weighted by Gasteiger charge is -2.40. The zero-order valence-electron chi connectivity index (χ0n) is 18.5. The van der Waals surface area contributed by atoms with Crippen molar-refractivity contribution >= 4 is 40.7 Å². The molecular weight excluding hydrogens is 461 g/mol. The van der Waals surface area contributed by atoms with Crippen LogP contribution in [-0.2, 0) is 9.59 Å². The Morgan fingerprint density at radius 1 is 0.909 bits per heavy atom. The van der Waals surface area contributed by atoms with E-state index < -0.39 is 0 Å². The molecule has 1 atom stereocenters. The normalized spacial score (nSPS) is 18.2. The fourth-order valence-corrected chi connectivity index (χ4v) is 4.97. The number of halogens is 2. The first-order valence-electron chi connectivity index (χ1n) is 11.5. The van der Waals surface area contributed by atoms with Gasteiger partial charge in [-0.2, -0.15) is 0 Å². The average molecular weight is 490 g/mol. The Bertz CT molecular complexity index is 938. The second-order valence-electron chi connectivity index (χ2n) is 8.64. The number of carbonyl (C=O) groups excluding carboxylic acids is 2. The highest BCUT2D eigenvalue weighted by molar-refractivity contribution is 6.30. The molecule has 0 spiro atoms. The summed E-state index contributed by atoms with van der Waals surface area (Å²) in [5, 5.41) is 4.34. The van der Waals surface area contributed by atoms with Gasteiger partial charge in [0.25, 0.3) is 5.91 Å². The molecule has 4 rings (SSSR count). The van der Waals surface area contributed by atoms with Gasteiger partial charge < -0.3 is 15.0 Å². The molecule has 1 N–H and O–H groups in total. The molecule has 0 unspecified atom stereocenters. The SMILES string of the molecule is O=C(Nc1ccc(Cl)cc1)[C@@H](C1CCCC1)N1CCN(C(=O)COc2ccc(Cl)cc2)CC1. The second-order valence-corrected chi connectivity index (χ2v) is 9.52. The largest absolute Gasteiger partial charge is 0.484 e. The smallest absolute Gasteiger partial charge is 0.260 e. The van der Waals surface area contributed by atoms with Gasteiger partial charge in [0.2, 0.25) is 5.91 Å². The molecule has 1 saturated carbocycles. The predicted molar refractivity (Wildman–Crippen MR) is 131 cm³/mol. The van der Waals surface area contributed by atoms with Crippen LogP contribution in [0.4, 0.5) is 5.69 Å². The molecule has 8 heteroatoms. The standard InChI is InChI=1S/C25H29Cl2N3O3/c26-19-5-9-21(10-6-19)28-25(32)24(18-3-1-2-4-18)30-15-13-29(14-16-30)23(31)17-33-22-11-7-20(27)8-12-22/h5-12,18,24H,1-4,13-17H2,(H,28,32)/t24-/m1/s1. The van der Waals surface area contributed by atoms with Crippen LogP contribution in [0.25, 0.3) is 0 Å². The third-order valence-electron chi connectivity index (χ3n) is 6.46. The zero-order valence-corrected chi connectivity index (χ0v) is 20.0. The van der Waals surface area contributed by atoms with Crippen molar-refractivity contribution in [2.24, 2.45) is 5.92 Å². The molecule has 2 fully saturated rings. The van der Waals surface area contributed by atoms with Crippen LogP contribution in [0, 0.1) is 5.92 Å². The monoisotopic (exact) mass is 489 g/mol. The van der Waals surface area contributed by atoms with E-state index in [-0.39, 0.29) is 24.5 Å². The molecular formula is C25H29Cl2N3O3. The molecule has 0 aromatic heterocycles. The summed E-state index contributed by atoms with van der Waals surface area (Å²) < 4.78 is 5.61. The Morgan fingerprint density at radius 2 is 1.48 bits per heavy atom. The van der Waals surface area contributed by atoms with Gasteiger partial charge in [-0.25, -0.2) is 0 Å². The number of nitrogens with one attached hydrogen (secondary N) is 1. The van der Waals surface area contributed by atoms with Crippen molar-refractivity contribution in [3.05, 3.63) is 58.6 Å². The Labute approximate surface area is 204 Å². The fourth-order valence-electron chi connectivity index (χ4n) is 4.72. The maximum atomic E-state index is 13.3. The molecule has 33 heavy (non-hydrogen) atoms. The highest BCUT2D eigenvalue weighted by Gasteiger charge is 2.37. The summed E-state index contributed by atoms with van der Waals surface area (Å²) in [5.74, 6) is 0.932. The van der Waals surface area contributed by atoms with Crippen LogP contribution in [0.15, 0.2) is 48.5 Å². The average Bonchev–Trinajstić information content (AvgIpc) is 3.35. The number of hydrogen-bond acceptors (Lipinski definition) is 4. The van der Waals surface area contributed by atoms with Crippen LogP contribution in [0.3, 0.4) is 0 Å². The molecule has 1 saturated heterocycles. The van der Waals surface area contributed by atoms with E-state index in [9.17, 15) is 9.59 Å². The van der Waals surface area contributed by atoms with E-state index in [0.29, 0.717) is 47.9 Å². The number of amides is 2. The summed E-state index contributed by atoms with van der Waals surface area (Å²) in [6.07, 6.45) is 4.45. The third kappa shape index (κ3) is 6.40. The van der Waals surface area contributed by atoms with Crippen molar-refractivity contribution in [3.8, 4) is 5.75 Å². The van der Waals surface area contributed by atoms with E-state index >= 15 is 0 Å². The molecule has 1 aliphatic heterocycles. The predicted octanol–water partition coefficient (Wildman–Crippen LogP) is 4.71. The topological polar surface area (TPSA) is 61.9 Å². The molecule has 0 bridgehead atoms.